The minimum Gasteiger partial charge on any atom is -0.394 e. The molecule has 2 heterocycles. The van der Waals surface area contributed by atoms with E-state index in [0.717, 1.165) is 0 Å². The molecule has 1 aliphatic heterocycles. The van der Waals surface area contributed by atoms with E-state index < -0.39 is 24.4 Å². The molecule has 1 aromatic rings. The SMILES string of the molecule is OC[C@H]1O[C@H](c2ccncc2Br)[C@H](O)[C@@H]1O. The number of nitrogens with zero attached hydrogens (tertiary/aromatic N) is 1. The Morgan fingerprint density at radius 3 is 2.69 bits per heavy atom. The van der Waals surface area contributed by atoms with Crippen molar-refractivity contribution in [3.8, 4) is 0 Å². The number of ether oxygens (including phenoxy) is 1. The predicted molar refractivity (Wildman–Crippen MR) is 58.7 cm³/mol. The van der Waals surface area contributed by atoms with E-state index >= 15 is 0 Å². The second kappa shape index (κ2) is 4.77. The van der Waals surface area contributed by atoms with Gasteiger partial charge in [0.2, 0.25) is 0 Å². The van der Waals surface area contributed by atoms with Gasteiger partial charge in [-0.25, -0.2) is 0 Å². The summed E-state index contributed by atoms with van der Waals surface area (Å²) in [5.41, 5.74) is 0.706. The molecule has 0 radical (unpaired) electrons. The van der Waals surface area contributed by atoms with Crippen LogP contribution in [0, 0.1) is 0 Å². The molecule has 2 rings (SSSR count). The molecule has 0 aromatic carbocycles. The van der Waals surface area contributed by atoms with Crippen LogP contribution < -0.4 is 0 Å². The maximum Gasteiger partial charge on any atom is 0.113 e. The lowest BCUT2D eigenvalue weighted by molar-refractivity contribution is -0.0229. The molecular weight excluding hydrogens is 278 g/mol. The van der Waals surface area contributed by atoms with E-state index in [1.807, 2.05) is 0 Å². The van der Waals surface area contributed by atoms with Crippen LogP contribution in [0.15, 0.2) is 22.9 Å². The molecule has 1 aliphatic rings. The van der Waals surface area contributed by atoms with Crippen molar-refractivity contribution in [3.05, 3.63) is 28.5 Å². The molecule has 0 aliphatic carbocycles. The van der Waals surface area contributed by atoms with Crippen molar-refractivity contribution >= 4 is 15.9 Å². The summed E-state index contributed by atoms with van der Waals surface area (Å²) in [6, 6.07) is 1.70. The van der Waals surface area contributed by atoms with Crippen LogP contribution in [0.1, 0.15) is 11.7 Å². The van der Waals surface area contributed by atoms with Crippen LogP contribution in [-0.2, 0) is 4.74 Å². The first-order chi connectivity index (χ1) is 7.65. The number of hydrogen-bond donors (Lipinski definition) is 3. The molecule has 0 bridgehead atoms. The Morgan fingerprint density at radius 2 is 2.12 bits per heavy atom. The molecule has 0 saturated carbocycles. The normalized spacial score (nSPS) is 34.2. The molecule has 5 nitrogen and oxygen atoms in total. The van der Waals surface area contributed by atoms with Crippen LogP contribution in [0.3, 0.4) is 0 Å². The second-order valence-electron chi connectivity index (χ2n) is 3.66. The smallest absolute Gasteiger partial charge is 0.113 e. The molecule has 16 heavy (non-hydrogen) atoms. The zero-order valence-corrected chi connectivity index (χ0v) is 9.91. The molecule has 6 heteroatoms. The number of hydrogen-bond acceptors (Lipinski definition) is 5. The second-order valence-corrected chi connectivity index (χ2v) is 4.51. The topological polar surface area (TPSA) is 82.8 Å². The molecule has 0 unspecified atom stereocenters. The number of rotatable bonds is 2. The first-order valence-electron chi connectivity index (χ1n) is 4.87. The summed E-state index contributed by atoms with van der Waals surface area (Å²) in [6.45, 7) is -0.322. The largest absolute Gasteiger partial charge is 0.394 e. The van der Waals surface area contributed by atoms with E-state index in [-0.39, 0.29) is 6.61 Å². The first kappa shape index (κ1) is 11.9. The van der Waals surface area contributed by atoms with Crippen molar-refractivity contribution in [2.45, 2.75) is 24.4 Å². The molecule has 1 aromatic heterocycles. The Balaban J connectivity index is 2.26. The fourth-order valence-electron chi connectivity index (χ4n) is 1.77. The van der Waals surface area contributed by atoms with E-state index in [1.54, 1.807) is 18.5 Å². The Morgan fingerprint density at radius 1 is 1.38 bits per heavy atom. The van der Waals surface area contributed by atoms with Crippen LogP contribution in [0.5, 0.6) is 0 Å². The average molecular weight is 290 g/mol. The zero-order chi connectivity index (χ0) is 11.7. The van der Waals surface area contributed by atoms with E-state index in [2.05, 4.69) is 20.9 Å². The maximum absolute atomic E-state index is 9.81. The van der Waals surface area contributed by atoms with E-state index in [4.69, 9.17) is 9.84 Å². The van der Waals surface area contributed by atoms with Gasteiger partial charge in [-0.2, -0.15) is 0 Å². The minimum absolute atomic E-state index is 0.322. The van der Waals surface area contributed by atoms with Crippen molar-refractivity contribution in [2.75, 3.05) is 6.61 Å². The summed E-state index contributed by atoms with van der Waals surface area (Å²) in [5.74, 6) is 0. The van der Waals surface area contributed by atoms with Gasteiger partial charge in [0.1, 0.15) is 24.4 Å². The third-order valence-corrected chi connectivity index (χ3v) is 3.32. The standard InChI is InChI=1S/C10H12BrNO4/c11-6-3-12-2-1-5(6)10-9(15)8(14)7(4-13)16-10/h1-3,7-10,13-15H,4H2/t7-,8-,9-,10-/m1/s1. The van der Waals surface area contributed by atoms with Gasteiger partial charge in [-0.15, -0.1) is 0 Å². The molecule has 3 N–H and O–H groups in total. The van der Waals surface area contributed by atoms with Crippen LogP contribution in [0.2, 0.25) is 0 Å². The van der Waals surface area contributed by atoms with Crippen molar-refractivity contribution in [2.24, 2.45) is 0 Å². The van der Waals surface area contributed by atoms with Gasteiger partial charge in [0.25, 0.3) is 0 Å². The number of aliphatic hydroxyl groups excluding tert-OH is 3. The highest BCUT2D eigenvalue weighted by Crippen LogP contribution is 2.36. The van der Waals surface area contributed by atoms with Gasteiger partial charge in [0, 0.05) is 22.4 Å². The maximum atomic E-state index is 9.81. The number of aromatic nitrogens is 1. The Labute approximate surface area is 101 Å². The highest BCUT2D eigenvalue weighted by atomic mass is 79.9. The third-order valence-electron chi connectivity index (χ3n) is 2.65. The van der Waals surface area contributed by atoms with Crippen molar-refractivity contribution in [3.63, 3.8) is 0 Å². The van der Waals surface area contributed by atoms with Gasteiger partial charge < -0.3 is 20.1 Å². The summed E-state index contributed by atoms with van der Waals surface area (Å²) in [4.78, 5) is 3.90. The van der Waals surface area contributed by atoms with Crippen molar-refractivity contribution < 1.29 is 20.1 Å². The van der Waals surface area contributed by atoms with Crippen LogP contribution in [0.4, 0.5) is 0 Å². The number of aliphatic hydroxyl groups is 3. The Bertz CT molecular complexity index is 376. The third kappa shape index (κ3) is 1.99. The lowest BCUT2D eigenvalue weighted by atomic mass is 10.0. The lowest BCUT2D eigenvalue weighted by Gasteiger charge is -2.15. The van der Waals surface area contributed by atoms with E-state index in [0.29, 0.717) is 10.0 Å². The number of halogens is 1. The van der Waals surface area contributed by atoms with Gasteiger partial charge >= 0.3 is 0 Å². The van der Waals surface area contributed by atoms with Crippen LogP contribution >= 0.6 is 15.9 Å². The highest BCUT2D eigenvalue weighted by molar-refractivity contribution is 9.10. The van der Waals surface area contributed by atoms with Crippen molar-refractivity contribution in [1.29, 1.82) is 0 Å². The summed E-state index contributed by atoms with van der Waals surface area (Å²) in [7, 11) is 0. The van der Waals surface area contributed by atoms with Gasteiger partial charge in [-0.1, -0.05) is 0 Å². The highest BCUT2D eigenvalue weighted by Gasteiger charge is 2.43. The quantitative estimate of drug-likeness (QED) is 0.714. The van der Waals surface area contributed by atoms with Crippen LogP contribution in [0.25, 0.3) is 0 Å². The molecule has 4 atom stereocenters. The monoisotopic (exact) mass is 289 g/mol. The zero-order valence-electron chi connectivity index (χ0n) is 8.32. The van der Waals surface area contributed by atoms with Crippen molar-refractivity contribution in [1.82, 2.24) is 4.98 Å². The predicted octanol–water partition coefficient (Wildman–Crippen LogP) is -0.00190. The summed E-state index contributed by atoms with van der Waals surface area (Å²) >= 11 is 3.30. The molecule has 1 saturated heterocycles. The van der Waals surface area contributed by atoms with Gasteiger partial charge in [0.05, 0.1) is 6.61 Å². The molecule has 0 amide bonds. The van der Waals surface area contributed by atoms with E-state index in [9.17, 15) is 10.2 Å². The van der Waals surface area contributed by atoms with Gasteiger partial charge in [-0.05, 0) is 22.0 Å². The average Bonchev–Trinajstić information content (AvgIpc) is 2.57. The Hall–Kier alpha value is -0.530. The number of pyridine rings is 1. The molecule has 88 valence electrons. The van der Waals surface area contributed by atoms with Gasteiger partial charge in [0.15, 0.2) is 0 Å². The molecule has 0 spiro atoms. The fourth-order valence-corrected chi connectivity index (χ4v) is 2.25. The van der Waals surface area contributed by atoms with Gasteiger partial charge in [-0.3, -0.25) is 4.98 Å². The fraction of sp³-hybridized carbons (Fsp3) is 0.500. The van der Waals surface area contributed by atoms with E-state index in [1.165, 1.54) is 0 Å². The summed E-state index contributed by atoms with van der Waals surface area (Å²) < 4.78 is 6.09. The first-order valence-corrected chi connectivity index (χ1v) is 5.66. The summed E-state index contributed by atoms with van der Waals surface area (Å²) in [6.07, 6.45) is -0.352. The summed E-state index contributed by atoms with van der Waals surface area (Å²) in [5, 5.41) is 28.4. The molecular formula is C10H12BrNO4. The minimum atomic E-state index is -1.07. The van der Waals surface area contributed by atoms with Crippen LogP contribution in [-0.4, -0.2) is 45.2 Å². The Kier molecular flexibility index (Phi) is 3.56. The lowest BCUT2D eigenvalue weighted by Crippen LogP contribution is -2.32. The molecule has 1 fully saturated rings.